The molecule has 2 aromatic carbocycles. The first-order chi connectivity index (χ1) is 21.0. The molecule has 2 amide bonds. The number of rotatable bonds is 5. The number of ether oxygens (including phenoxy) is 1. The highest BCUT2D eigenvalue weighted by Crippen LogP contribution is 2.47. The molecule has 0 bridgehead atoms. The molecule has 3 aliphatic rings. The van der Waals surface area contributed by atoms with Gasteiger partial charge in [-0.1, -0.05) is 93.6 Å². The molecule has 1 aliphatic heterocycles. The maximum Gasteiger partial charge on any atom is 0.332 e. The number of nitrogens with one attached hydrogen (secondary N) is 1. The Morgan fingerprint density at radius 3 is 2.18 bits per heavy atom. The SMILES string of the molecule is COC(=O)[C@@]12C[C@H]1/C=C\CCCCN(C)C(=O)[C@@H]1CC[C@@H](O[Si](c3ccccc3)(c3ccccc3)C(C)(C)C)C[C@H]1C(=O)N2. The van der Waals surface area contributed by atoms with Crippen LogP contribution in [-0.2, 0) is 23.5 Å². The molecule has 236 valence electrons. The Morgan fingerprint density at radius 1 is 0.955 bits per heavy atom. The van der Waals surface area contributed by atoms with Gasteiger partial charge in [-0.3, -0.25) is 9.59 Å². The number of benzene rings is 2. The van der Waals surface area contributed by atoms with Gasteiger partial charge in [0.2, 0.25) is 11.8 Å². The fourth-order valence-electron chi connectivity index (χ4n) is 7.47. The predicted molar refractivity (Wildman–Crippen MR) is 175 cm³/mol. The number of amides is 2. The number of fused-ring (bicyclic) bond motifs is 2. The quantitative estimate of drug-likeness (QED) is 0.302. The molecule has 2 aromatic rings. The van der Waals surface area contributed by atoms with Gasteiger partial charge in [-0.05, 0) is 60.4 Å². The molecule has 0 spiro atoms. The normalized spacial score (nSPS) is 29.0. The minimum absolute atomic E-state index is 0.00103. The Kier molecular flexibility index (Phi) is 9.51. The Hall–Kier alpha value is -3.23. The molecule has 2 fully saturated rings. The summed E-state index contributed by atoms with van der Waals surface area (Å²) in [5, 5.41) is 5.26. The molecule has 0 unspecified atom stereocenters. The topological polar surface area (TPSA) is 84.9 Å². The lowest BCUT2D eigenvalue weighted by atomic mass is 9.76. The molecule has 0 saturated heterocycles. The summed E-state index contributed by atoms with van der Waals surface area (Å²) in [6.45, 7) is 7.41. The first-order valence-electron chi connectivity index (χ1n) is 16.1. The maximum absolute atomic E-state index is 14.2. The molecule has 0 radical (unpaired) electrons. The van der Waals surface area contributed by atoms with Crippen LogP contribution < -0.4 is 15.7 Å². The lowest BCUT2D eigenvalue weighted by molar-refractivity contribution is -0.149. The zero-order valence-electron chi connectivity index (χ0n) is 26.9. The molecule has 1 N–H and O–H groups in total. The molecule has 5 rings (SSSR count). The van der Waals surface area contributed by atoms with Crippen molar-refractivity contribution >= 4 is 36.5 Å². The van der Waals surface area contributed by atoms with Gasteiger partial charge in [-0.2, -0.15) is 0 Å². The molecule has 8 heteroatoms. The number of allylic oxidation sites excluding steroid dienone is 1. The lowest BCUT2D eigenvalue weighted by Crippen LogP contribution is -2.68. The van der Waals surface area contributed by atoms with Crippen molar-refractivity contribution in [3.8, 4) is 0 Å². The van der Waals surface area contributed by atoms with Crippen LogP contribution in [0.4, 0.5) is 0 Å². The lowest BCUT2D eigenvalue weighted by Gasteiger charge is -2.47. The van der Waals surface area contributed by atoms with Crippen molar-refractivity contribution in [3.63, 3.8) is 0 Å². The third-order valence-corrected chi connectivity index (χ3v) is 15.1. The molecular weight excluding hydrogens is 568 g/mol. The Labute approximate surface area is 263 Å². The number of esters is 1. The van der Waals surface area contributed by atoms with Crippen LogP contribution in [0.2, 0.25) is 5.04 Å². The summed E-state index contributed by atoms with van der Waals surface area (Å²) in [6, 6.07) is 21.0. The molecular formula is C36H48N2O5Si. The summed E-state index contributed by atoms with van der Waals surface area (Å²) in [6.07, 6.45) is 8.80. The molecule has 7 nitrogen and oxygen atoms in total. The van der Waals surface area contributed by atoms with Gasteiger partial charge in [0.1, 0.15) is 5.54 Å². The number of carbonyl (C=O) groups excluding carboxylic acids is 3. The van der Waals surface area contributed by atoms with E-state index >= 15 is 0 Å². The van der Waals surface area contributed by atoms with Gasteiger partial charge in [-0.25, -0.2) is 4.79 Å². The van der Waals surface area contributed by atoms with Crippen LogP contribution in [0.5, 0.6) is 0 Å². The first-order valence-corrected chi connectivity index (χ1v) is 18.1. The van der Waals surface area contributed by atoms with Crippen LogP contribution in [-0.4, -0.2) is 63.3 Å². The van der Waals surface area contributed by atoms with E-state index in [1.807, 2.05) is 25.3 Å². The van der Waals surface area contributed by atoms with Gasteiger partial charge in [0.15, 0.2) is 0 Å². The van der Waals surface area contributed by atoms with Gasteiger partial charge >= 0.3 is 5.97 Å². The number of methoxy groups -OCH3 is 1. The van der Waals surface area contributed by atoms with Crippen molar-refractivity contribution in [1.82, 2.24) is 10.2 Å². The molecule has 2 saturated carbocycles. The van der Waals surface area contributed by atoms with Gasteiger partial charge in [0.05, 0.1) is 13.0 Å². The molecule has 44 heavy (non-hydrogen) atoms. The van der Waals surface area contributed by atoms with Gasteiger partial charge in [0.25, 0.3) is 8.32 Å². The second kappa shape index (κ2) is 13.0. The van der Waals surface area contributed by atoms with Gasteiger partial charge < -0.3 is 19.4 Å². The first kappa shape index (κ1) is 32.2. The second-order valence-electron chi connectivity index (χ2n) is 13.9. The van der Waals surface area contributed by atoms with E-state index in [1.165, 1.54) is 17.5 Å². The molecule has 0 aromatic heterocycles. The highest BCUT2D eigenvalue weighted by Gasteiger charge is 2.62. The third-order valence-electron chi connectivity index (χ3n) is 9.99. The minimum Gasteiger partial charge on any atom is -0.467 e. The largest absolute Gasteiger partial charge is 0.467 e. The van der Waals surface area contributed by atoms with E-state index < -0.39 is 31.7 Å². The Bertz CT molecular complexity index is 1320. The number of nitrogens with zero attached hydrogens (tertiary/aromatic N) is 1. The van der Waals surface area contributed by atoms with Crippen LogP contribution in [0.3, 0.4) is 0 Å². The number of hydrogen-bond donors (Lipinski definition) is 1. The van der Waals surface area contributed by atoms with Crippen molar-refractivity contribution in [1.29, 1.82) is 0 Å². The number of carbonyl (C=O) groups is 3. The highest BCUT2D eigenvalue weighted by molar-refractivity contribution is 6.99. The fourth-order valence-corrected chi connectivity index (χ4v) is 12.2. The molecule has 1 heterocycles. The fraction of sp³-hybridized carbons (Fsp3) is 0.528. The Balaban J connectivity index is 1.51. The highest BCUT2D eigenvalue weighted by atomic mass is 28.4. The average molecular weight is 617 g/mol. The van der Waals surface area contributed by atoms with E-state index in [1.54, 1.807) is 4.90 Å². The molecule has 5 atom stereocenters. The van der Waals surface area contributed by atoms with Crippen molar-refractivity contribution in [3.05, 3.63) is 72.8 Å². The van der Waals surface area contributed by atoms with E-state index in [4.69, 9.17) is 9.16 Å². The van der Waals surface area contributed by atoms with Gasteiger partial charge in [-0.15, -0.1) is 0 Å². The van der Waals surface area contributed by atoms with Crippen molar-refractivity contribution in [2.24, 2.45) is 17.8 Å². The minimum atomic E-state index is -2.87. The van der Waals surface area contributed by atoms with E-state index in [9.17, 15) is 14.4 Å². The zero-order chi connectivity index (χ0) is 31.5. The summed E-state index contributed by atoms with van der Waals surface area (Å²) in [5.41, 5.74) is -1.07. The third kappa shape index (κ3) is 6.16. The van der Waals surface area contributed by atoms with Gasteiger partial charge in [0, 0.05) is 31.5 Å². The summed E-state index contributed by atoms with van der Waals surface area (Å²) >= 11 is 0. The summed E-state index contributed by atoms with van der Waals surface area (Å²) in [7, 11) is 0.341. The van der Waals surface area contributed by atoms with E-state index in [2.05, 4.69) is 80.7 Å². The summed E-state index contributed by atoms with van der Waals surface area (Å²) in [4.78, 5) is 42.9. The van der Waals surface area contributed by atoms with Crippen LogP contribution in [0.25, 0.3) is 0 Å². The van der Waals surface area contributed by atoms with E-state index in [0.29, 0.717) is 32.2 Å². The van der Waals surface area contributed by atoms with E-state index in [0.717, 1.165) is 19.3 Å². The average Bonchev–Trinajstić information content (AvgIpc) is 3.73. The molecule has 2 aliphatic carbocycles. The second-order valence-corrected chi connectivity index (χ2v) is 18.1. The van der Waals surface area contributed by atoms with Crippen LogP contribution in [0.1, 0.15) is 65.7 Å². The Morgan fingerprint density at radius 2 is 1.59 bits per heavy atom. The van der Waals surface area contributed by atoms with Crippen molar-refractivity contribution in [2.75, 3.05) is 20.7 Å². The summed E-state index contributed by atoms with van der Waals surface area (Å²) in [5.74, 6) is -1.87. The van der Waals surface area contributed by atoms with Crippen LogP contribution in [0.15, 0.2) is 72.8 Å². The maximum atomic E-state index is 14.2. The standard InChI is InChI=1S/C36H48N2O5Si/c1-35(2,3)44(28-17-11-8-12-18-28,29-19-13-9-14-20-29)43-27-21-22-30-31(24-27)32(39)37-36(34(41)42-5)25-26(36)16-10-6-7-15-23-38(4)33(30)40/h8-14,16-20,26-27,30-31H,6-7,15,21-25H2,1-5H3,(H,37,39)/b16-10-/t26-,27-,30-,31-,36-/m1/s1. The van der Waals surface area contributed by atoms with Crippen molar-refractivity contribution in [2.45, 2.75) is 82.4 Å². The monoisotopic (exact) mass is 616 g/mol. The van der Waals surface area contributed by atoms with Crippen LogP contribution >= 0.6 is 0 Å². The van der Waals surface area contributed by atoms with Crippen molar-refractivity contribution < 1.29 is 23.5 Å². The predicted octanol–water partition coefficient (Wildman–Crippen LogP) is 4.59. The summed E-state index contributed by atoms with van der Waals surface area (Å²) < 4.78 is 12.6. The smallest absolute Gasteiger partial charge is 0.332 e. The zero-order valence-corrected chi connectivity index (χ0v) is 27.9. The van der Waals surface area contributed by atoms with E-state index in [-0.39, 0.29) is 28.9 Å². The number of hydrogen-bond acceptors (Lipinski definition) is 5. The van der Waals surface area contributed by atoms with Crippen LogP contribution in [0, 0.1) is 17.8 Å².